The molecule has 5 rings (SSSR count). The van der Waals surface area contributed by atoms with Gasteiger partial charge in [0.05, 0.1) is 16.6 Å². The molecule has 2 amide bonds. The van der Waals surface area contributed by atoms with Crippen molar-refractivity contribution in [1.29, 1.82) is 0 Å². The largest absolute Gasteiger partial charge is 0.465 e. The van der Waals surface area contributed by atoms with Crippen LogP contribution < -0.4 is 10.2 Å². The van der Waals surface area contributed by atoms with Crippen molar-refractivity contribution in [2.75, 3.05) is 10.2 Å². The molecule has 0 spiro atoms. The Morgan fingerprint density at radius 2 is 1.94 bits per heavy atom. The lowest BCUT2D eigenvalue weighted by atomic mass is 9.84. The zero-order valence-electron chi connectivity index (χ0n) is 16.4. The maximum absolute atomic E-state index is 13.5. The average molecular weight is 477 g/mol. The third-order valence-electron chi connectivity index (χ3n) is 5.67. The van der Waals surface area contributed by atoms with E-state index in [1.54, 1.807) is 4.90 Å². The first-order chi connectivity index (χ1) is 14.9. The van der Waals surface area contributed by atoms with Crippen LogP contribution in [0.15, 0.2) is 71.2 Å². The Balaban J connectivity index is 1.72. The number of nitrogens with zero attached hydrogens (tertiary/aromatic N) is 2. The number of carbonyl (C=O) groups is 2. The predicted octanol–water partition coefficient (Wildman–Crippen LogP) is 5.34. The van der Waals surface area contributed by atoms with Crippen LogP contribution in [-0.4, -0.2) is 27.1 Å². The summed E-state index contributed by atoms with van der Waals surface area (Å²) in [5, 5.41) is 11.2. The van der Waals surface area contributed by atoms with Crippen LogP contribution in [0.4, 0.5) is 16.4 Å². The highest BCUT2D eigenvalue weighted by Crippen LogP contribution is 2.47. The molecule has 1 atom stereocenters. The van der Waals surface area contributed by atoms with E-state index >= 15 is 0 Å². The number of H-pyrrole nitrogens is 1. The summed E-state index contributed by atoms with van der Waals surface area (Å²) in [6.07, 6.45) is -1.19. The molecule has 2 heterocycles. The molecule has 1 unspecified atom stereocenters. The predicted molar refractivity (Wildman–Crippen MR) is 122 cm³/mol. The monoisotopic (exact) mass is 476 g/mol. The first-order valence-electron chi connectivity index (χ1n) is 9.58. The summed E-state index contributed by atoms with van der Waals surface area (Å²) in [7, 11) is 0. The highest BCUT2D eigenvalue weighted by molar-refractivity contribution is 9.10. The SMILES string of the molecule is CC1(c2ccc3nc(NC(=O)O)[nH]c3c2)c2ccccc2C(=O)N1c1cccc(Br)c1. The number of aromatic amines is 1. The molecule has 154 valence electrons. The van der Waals surface area contributed by atoms with Crippen molar-refractivity contribution in [2.24, 2.45) is 0 Å². The number of aromatic nitrogens is 2. The topological polar surface area (TPSA) is 98.3 Å². The normalized spacial score (nSPS) is 17.7. The minimum Gasteiger partial charge on any atom is -0.465 e. The molecule has 1 aromatic heterocycles. The Kier molecular flexibility index (Phi) is 4.33. The van der Waals surface area contributed by atoms with Gasteiger partial charge in [0.1, 0.15) is 0 Å². The van der Waals surface area contributed by atoms with E-state index in [-0.39, 0.29) is 11.9 Å². The number of halogens is 1. The van der Waals surface area contributed by atoms with E-state index < -0.39 is 11.6 Å². The van der Waals surface area contributed by atoms with Gasteiger partial charge in [-0.05, 0) is 54.4 Å². The molecule has 1 aliphatic rings. The lowest BCUT2D eigenvalue weighted by molar-refractivity contribution is 0.0984. The summed E-state index contributed by atoms with van der Waals surface area (Å²) < 4.78 is 0.879. The van der Waals surface area contributed by atoms with Gasteiger partial charge >= 0.3 is 6.09 Å². The number of nitrogens with one attached hydrogen (secondary N) is 2. The number of imidazole rings is 1. The lowest BCUT2D eigenvalue weighted by Crippen LogP contribution is -2.42. The molecule has 0 fully saturated rings. The second-order valence-corrected chi connectivity index (χ2v) is 8.40. The molecule has 8 heteroatoms. The molecular formula is C23H17BrN4O3. The van der Waals surface area contributed by atoms with Crippen molar-refractivity contribution < 1.29 is 14.7 Å². The Labute approximate surface area is 185 Å². The first-order valence-corrected chi connectivity index (χ1v) is 10.4. The average Bonchev–Trinajstić information content (AvgIpc) is 3.24. The fourth-order valence-electron chi connectivity index (χ4n) is 4.29. The number of amides is 2. The van der Waals surface area contributed by atoms with Crippen LogP contribution in [0.3, 0.4) is 0 Å². The van der Waals surface area contributed by atoms with Crippen LogP contribution in [0, 0.1) is 0 Å². The molecule has 3 N–H and O–H groups in total. The van der Waals surface area contributed by atoms with Crippen LogP contribution >= 0.6 is 15.9 Å². The van der Waals surface area contributed by atoms with Gasteiger partial charge in [0.15, 0.2) is 0 Å². The highest BCUT2D eigenvalue weighted by Gasteiger charge is 2.48. The Morgan fingerprint density at radius 1 is 1.13 bits per heavy atom. The quantitative estimate of drug-likeness (QED) is 0.371. The number of anilines is 2. The van der Waals surface area contributed by atoms with E-state index in [0.29, 0.717) is 16.6 Å². The summed E-state index contributed by atoms with van der Waals surface area (Å²) in [4.78, 5) is 33.5. The second kappa shape index (κ2) is 6.95. The molecule has 0 radical (unpaired) electrons. The third-order valence-corrected chi connectivity index (χ3v) is 6.16. The van der Waals surface area contributed by atoms with Crippen LogP contribution in [0.1, 0.15) is 28.4 Å². The minimum absolute atomic E-state index is 0.0749. The number of fused-ring (bicyclic) bond motifs is 2. The Hall–Kier alpha value is -3.65. The number of carboxylic acid groups (broad SMARTS) is 1. The van der Waals surface area contributed by atoms with Crippen LogP contribution in [-0.2, 0) is 5.54 Å². The van der Waals surface area contributed by atoms with Crippen molar-refractivity contribution in [2.45, 2.75) is 12.5 Å². The van der Waals surface area contributed by atoms with E-state index in [9.17, 15) is 9.59 Å². The lowest BCUT2D eigenvalue weighted by Gasteiger charge is -2.37. The van der Waals surface area contributed by atoms with Crippen molar-refractivity contribution in [3.63, 3.8) is 0 Å². The number of carbonyl (C=O) groups excluding carboxylic acids is 1. The van der Waals surface area contributed by atoms with Crippen LogP contribution in [0.25, 0.3) is 11.0 Å². The van der Waals surface area contributed by atoms with Crippen molar-refractivity contribution >= 4 is 50.6 Å². The van der Waals surface area contributed by atoms with Gasteiger partial charge in [-0.15, -0.1) is 0 Å². The van der Waals surface area contributed by atoms with Gasteiger partial charge in [0.2, 0.25) is 5.95 Å². The highest BCUT2D eigenvalue weighted by atomic mass is 79.9. The molecule has 0 aliphatic carbocycles. The Bertz CT molecular complexity index is 1370. The number of hydrogen-bond acceptors (Lipinski definition) is 3. The van der Waals surface area contributed by atoms with Gasteiger partial charge in [-0.2, -0.15) is 0 Å². The summed E-state index contributed by atoms with van der Waals surface area (Å²) in [5.74, 6) is 0.0747. The molecule has 1 aliphatic heterocycles. The summed E-state index contributed by atoms with van der Waals surface area (Å²) in [6, 6.07) is 20.9. The van der Waals surface area contributed by atoms with E-state index in [2.05, 4.69) is 31.2 Å². The summed E-state index contributed by atoms with van der Waals surface area (Å²) in [5.41, 5.74) is 3.75. The fourth-order valence-corrected chi connectivity index (χ4v) is 4.67. The molecule has 7 nitrogen and oxygen atoms in total. The van der Waals surface area contributed by atoms with Crippen LogP contribution in [0.2, 0.25) is 0 Å². The number of rotatable bonds is 3. The van der Waals surface area contributed by atoms with E-state index in [0.717, 1.165) is 21.3 Å². The van der Waals surface area contributed by atoms with Crippen molar-refractivity contribution in [3.05, 3.63) is 87.9 Å². The van der Waals surface area contributed by atoms with Crippen molar-refractivity contribution in [1.82, 2.24) is 9.97 Å². The molecule has 31 heavy (non-hydrogen) atoms. The zero-order valence-corrected chi connectivity index (χ0v) is 18.0. The van der Waals surface area contributed by atoms with Gasteiger partial charge in [-0.3, -0.25) is 15.0 Å². The molecule has 0 bridgehead atoms. The molecule has 0 saturated heterocycles. The van der Waals surface area contributed by atoms with Crippen LogP contribution in [0.5, 0.6) is 0 Å². The molecular weight excluding hydrogens is 460 g/mol. The van der Waals surface area contributed by atoms with E-state index in [1.165, 1.54) is 0 Å². The first kappa shape index (κ1) is 19.3. The standard InChI is InChI=1S/C23H17BrN4O3/c1-23(13-9-10-18-19(11-13)26-21(25-18)27-22(30)31)17-8-3-2-7-16(17)20(29)28(23)15-6-4-5-14(24)12-15/h2-12H,1H3,(H,30,31)(H2,25,26,27). The van der Waals surface area contributed by atoms with E-state index in [1.807, 2.05) is 73.7 Å². The number of hydrogen-bond donors (Lipinski definition) is 3. The Morgan fingerprint density at radius 3 is 2.71 bits per heavy atom. The number of benzene rings is 3. The molecule has 4 aromatic rings. The second-order valence-electron chi connectivity index (χ2n) is 7.49. The zero-order chi connectivity index (χ0) is 21.8. The van der Waals surface area contributed by atoms with Gasteiger partial charge in [0.25, 0.3) is 5.91 Å². The van der Waals surface area contributed by atoms with E-state index in [4.69, 9.17) is 5.11 Å². The minimum atomic E-state index is -1.19. The summed E-state index contributed by atoms with van der Waals surface area (Å²) >= 11 is 3.51. The summed E-state index contributed by atoms with van der Waals surface area (Å²) in [6.45, 7) is 2.02. The molecule has 3 aromatic carbocycles. The van der Waals surface area contributed by atoms with Crippen molar-refractivity contribution in [3.8, 4) is 0 Å². The van der Waals surface area contributed by atoms with Gasteiger partial charge in [0, 0.05) is 15.7 Å². The van der Waals surface area contributed by atoms with Gasteiger partial charge in [-0.25, -0.2) is 9.78 Å². The maximum Gasteiger partial charge on any atom is 0.411 e. The fraction of sp³-hybridized carbons (Fsp3) is 0.0870. The van der Waals surface area contributed by atoms with Gasteiger partial charge in [-0.1, -0.05) is 46.3 Å². The molecule has 0 saturated carbocycles. The third kappa shape index (κ3) is 2.98. The smallest absolute Gasteiger partial charge is 0.411 e. The maximum atomic E-state index is 13.5. The van der Waals surface area contributed by atoms with Gasteiger partial charge < -0.3 is 10.1 Å².